The number of aliphatic hydroxyl groups excluding tert-OH is 1. The molecule has 1 atom stereocenters. The number of ether oxygens (including phenoxy) is 1. The molecule has 0 fully saturated rings. The highest BCUT2D eigenvalue weighted by Gasteiger charge is 2.12. The third kappa shape index (κ3) is 3.18. The largest absolute Gasteiger partial charge is 0.491 e. The van der Waals surface area contributed by atoms with E-state index < -0.39 is 0 Å². The number of nitrogens with one attached hydrogen (secondary N) is 1. The van der Waals surface area contributed by atoms with E-state index in [1.165, 1.54) is 6.07 Å². The molecule has 0 radical (unpaired) electrons. The van der Waals surface area contributed by atoms with Gasteiger partial charge in [0.05, 0.1) is 13.2 Å². The summed E-state index contributed by atoms with van der Waals surface area (Å²) in [4.78, 5) is 0. The summed E-state index contributed by atoms with van der Waals surface area (Å²) in [5.41, 5.74) is 0.776. The molecule has 0 aliphatic rings. The van der Waals surface area contributed by atoms with Crippen molar-refractivity contribution in [1.29, 1.82) is 0 Å². The van der Waals surface area contributed by atoms with Crippen molar-refractivity contribution < 1.29 is 14.2 Å². The molecule has 0 aliphatic heterocycles. The van der Waals surface area contributed by atoms with Gasteiger partial charge in [-0.1, -0.05) is 6.07 Å². The van der Waals surface area contributed by atoms with E-state index in [1.54, 1.807) is 19.2 Å². The van der Waals surface area contributed by atoms with Crippen LogP contribution in [0.3, 0.4) is 0 Å². The zero-order valence-corrected chi connectivity index (χ0v) is 9.66. The van der Waals surface area contributed by atoms with Gasteiger partial charge in [0.15, 0.2) is 11.6 Å². The molecule has 0 aliphatic carbocycles. The summed E-state index contributed by atoms with van der Waals surface area (Å²) in [5, 5.41) is 12.1. The molecule has 1 unspecified atom stereocenters. The molecular weight excluding hydrogens is 209 g/mol. The van der Waals surface area contributed by atoms with E-state index in [0.717, 1.165) is 5.56 Å². The van der Waals surface area contributed by atoms with Crippen molar-refractivity contribution in [3.8, 4) is 5.75 Å². The highest BCUT2D eigenvalue weighted by atomic mass is 19.1. The third-order valence-electron chi connectivity index (χ3n) is 2.40. The lowest BCUT2D eigenvalue weighted by atomic mass is 10.00. The van der Waals surface area contributed by atoms with E-state index in [2.05, 4.69) is 5.32 Å². The second-order valence-corrected chi connectivity index (χ2v) is 3.56. The van der Waals surface area contributed by atoms with Crippen LogP contribution in [0.25, 0.3) is 0 Å². The van der Waals surface area contributed by atoms with E-state index >= 15 is 0 Å². The minimum absolute atomic E-state index is 0.00569. The average Bonchev–Trinajstić information content (AvgIpc) is 2.29. The number of aliphatic hydroxyl groups is 1. The van der Waals surface area contributed by atoms with Crippen LogP contribution in [-0.2, 0) is 0 Å². The highest BCUT2D eigenvalue weighted by Crippen LogP contribution is 2.22. The molecule has 0 saturated heterocycles. The van der Waals surface area contributed by atoms with Gasteiger partial charge < -0.3 is 15.2 Å². The first kappa shape index (κ1) is 12.9. The molecular formula is C12H18FNO2. The molecule has 16 heavy (non-hydrogen) atoms. The van der Waals surface area contributed by atoms with Crippen LogP contribution in [0.1, 0.15) is 18.4 Å². The number of rotatable bonds is 6. The van der Waals surface area contributed by atoms with Crippen molar-refractivity contribution in [3.63, 3.8) is 0 Å². The van der Waals surface area contributed by atoms with E-state index in [4.69, 9.17) is 4.74 Å². The van der Waals surface area contributed by atoms with Gasteiger partial charge in [0.2, 0.25) is 0 Å². The lowest BCUT2D eigenvalue weighted by Crippen LogP contribution is -2.20. The van der Waals surface area contributed by atoms with Gasteiger partial charge in [0, 0.05) is 12.5 Å². The fraction of sp³-hybridized carbons (Fsp3) is 0.500. The zero-order valence-electron chi connectivity index (χ0n) is 9.66. The molecule has 3 nitrogen and oxygen atoms in total. The summed E-state index contributed by atoms with van der Waals surface area (Å²) in [6.45, 7) is 2.86. The molecule has 2 N–H and O–H groups in total. The Bertz CT molecular complexity index is 331. The van der Waals surface area contributed by atoms with Gasteiger partial charge in [0.1, 0.15) is 0 Å². The molecule has 0 aromatic heterocycles. The predicted molar refractivity (Wildman–Crippen MR) is 61.3 cm³/mol. The minimum Gasteiger partial charge on any atom is -0.491 e. The first-order chi connectivity index (χ1) is 7.72. The lowest BCUT2D eigenvalue weighted by molar-refractivity contribution is 0.262. The summed E-state index contributed by atoms with van der Waals surface area (Å²) in [6, 6.07) is 4.81. The second kappa shape index (κ2) is 6.45. The molecule has 1 aromatic rings. The van der Waals surface area contributed by atoms with Gasteiger partial charge in [-0.15, -0.1) is 0 Å². The van der Waals surface area contributed by atoms with Crippen LogP contribution in [-0.4, -0.2) is 31.9 Å². The van der Waals surface area contributed by atoms with E-state index in [0.29, 0.717) is 13.2 Å². The van der Waals surface area contributed by atoms with E-state index in [-0.39, 0.29) is 24.1 Å². The molecule has 0 heterocycles. The first-order valence-corrected chi connectivity index (χ1v) is 5.40. The second-order valence-electron chi connectivity index (χ2n) is 3.56. The van der Waals surface area contributed by atoms with Crippen LogP contribution in [0.2, 0.25) is 0 Å². The Hall–Kier alpha value is -1.13. The Morgan fingerprint density at radius 1 is 1.50 bits per heavy atom. The van der Waals surface area contributed by atoms with Crippen LogP contribution < -0.4 is 10.1 Å². The fourth-order valence-corrected chi connectivity index (χ4v) is 1.58. The van der Waals surface area contributed by atoms with Gasteiger partial charge in [0.25, 0.3) is 0 Å². The van der Waals surface area contributed by atoms with Crippen LogP contribution in [0.5, 0.6) is 5.75 Å². The maximum Gasteiger partial charge on any atom is 0.165 e. The van der Waals surface area contributed by atoms with Crippen molar-refractivity contribution in [1.82, 2.24) is 5.32 Å². The Kier molecular flexibility index (Phi) is 5.22. The van der Waals surface area contributed by atoms with E-state index in [1.807, 2.05) is 6.92 Å². The van der Waals surface area contributed by atoms with Crippen LogP contribution >= 0.6 is 0 Å². The van der Waals surface area contributed by atoms with Gasteiger partial charge in [-0.2, -0.15) is 0 Å². The smallest absolute Gasteiger partial charge is 0.165 e. The summed E-state index contributed by atoms with van der Waals surface area (Å²) < 4.78 is 18.7. The SMILES string of the molecule is CCOc1ccc(C(CO)CNC)cc1F. The van der Waals surface area contributed by atoms with Crippen LogP contribution in [0, 0.1) is 5.82 Å². The summed E-state index contributed by atoms with van der Waals surface area (Å²) in [5.74, 6) is -0.212. The molecule has 1 rings (SSSR count). The average molecular weight is 227 g/mol. The number of likely N-dealkylation sites (N-methyl/N-ethyl adjacent to an activating group) is 1. The number of hydrogen-bond acceptors (Lipinski definition) is 3. The standard InChI is InChI=1S/C12H18FNO2/c1-3-16-12-5-4-9(6-11(12)13)10(8-15)7-14-2/h4-6,10,14-15H,3,7-8H2,1-2H3. The van der Waals surface area contributed by atoms with E-state index in [9.17, 15) is 9.50 Å². The van der Waals surface area contributed by atoms with Gasteiger partial charge >= 0.3 is 0 Å². The topological polar surface area (TPSA) is 41.5 Å². The van der Waals surface area contributed by atoms with Crippen molar-refractivity contribution in [2.45, 2.75) is 12.8 Å². The minimum atomic E-state index is -0.381. The van der Waals surface area contributed by atoms with Crippen LogP contribution in [0.15, 0.2) is 18.2 Å². The zero-order chi connectivity index (χ0) is 12.0. The molecule has 0 amide bonds. The van der Waals surface area contributed by atoms with Gasteiger partial charge in [-0.25, -0.2) is 4.39 Å². The fourth-order valence-electron chi connectivity index (χ4n) is 1.58. The molecule has 4 heteroatoms. The predicted octanol–water partition coefficient (Wildman–Crippen LogP) is 1.52. The highest BCUT2D eigenvalue weighted by molar-refractivity contribution is 5.31. The maximum absolute atomic E-state index is 13.5. The molecule has 0 spiro atoms. The van der Waals surface area contributed by atoms with Crippen LogP contribution in [0.4, 0.5) is 4.39 Å². The Morgan fingerprint density at radius 3 is 2.75 bits per heavy atom. The lowest BCUT2D eigenvalue weighted by Gasteiger charge is -2.15. The summed E-state index contributed by atoms with van der Waals surface area (Å²) in [6.07, 6.45) is 0. The maximum atomic E-state index is 13.5. The normalized spacial score (nSPS) is 12.5. The molecule has 90 valence electrons. The Labute approximate surface area is 95.2 Å². The van der Waals surface area contributed by atoms with Crippen molar-refractivity contribution in [2.75, 3.05) is 26.8 Å². The van der Waals surface area contributed by atoms with Crippen molar-refractivity contribution in [3.05, 3.63) is 29.6 Å². The summed E-state index contributed by atoms with van der Waals surface area (Å²) >= 11 is 0. The van der Waals surface area contributed by atoms with Gasteiger partial charge in [-0.05, 0) is 31.7 Å². The Balaban J connectivity index is 2.85. The molecule has 0 saturated carbocycles. The molecule has 1 aromatic carbocycles. The van der Waals surface area contributed by atoms with Crippen molar-refractivity contribution in [2.24, 2.45) is 0 Å². The summed E-state index contributed by atoms with van der Waals surface area (Å²) in [7, 11) is 1.80. The number of benzene rings is 1. The third-order valence-corrected chi connectivity index (χ3v) is 2.40. The quantitative estimate of drug-likeness (QED) is 0.774. The Morgan fingerprint density at radius 2 is 2.25 bits per heavy atom. The number of hydrogen-bond donors (Lipinski definition) is 2. The monoisotopic (exact) mass is 227 g/mol. The van der Waals surface area contributed by atoms with Crippen molar-refractivity contribution >= 4 is 0 Å². The number of halogens is 1. The molecule has 0 bridgehead atoms. The first-order valence-electron chi connectivity index (χ1n) is 5.40. The van der Waals surface area contributed by atoms with Gasteiger partial charge in [-0.3, -0.25) is 0 Å².